The summed E-state index contributed by atoms with van der Waals surface area (Å²) in [6.07, 6.45) is 1.70. The van der Waals surface area contributed by atoms with Crippen LogP contribution in [-0.2, 0) is 4.79 Å². The Hall–Kier alpha value is -1.08. The maximum absolute atomic E-state index is 11.1. The Labute approximate surface area is 77.5 Å². The minimum atomic E-state index is 0.147. The number of rotatable bonds is 1. The van der Waals surface area contributed by atoms with Gasteiger partial charge in [0, 0.05) is 24.9 Å². The van der Waals surface area contributed by atoms with Gasteiger partial charge in [-0.25, -0.2) is 0 Å². The van der Waals surface area contributed by atoms with Crippen molar-refractivity contribution in [1.29, 1.82) is 5.26 Å². The third-order valence-electron chi connectivity index (χ3n) is 3.01. The summed E-state index contributed by atoms with van der Waals surface area (Å²) in [6.45, 7) is 3.16. The van der Waals surface area contributed by atoms with Gasteiger partial charge in [0.25, 0.3) is 0 Å². The molecule has 4 heteroatoms. The van der Waals surface area contributed by atoms with E-state index in [1.54, 1.807) is 0 Å². The topological polar surface area (TPSA) is 56.1 Å². The van der Waals surface area contributed by atoms with Crippen LogP contribution in [0, 0.1) is 16.7 Å². The van der Waals surface area contributed by atoms with E-state index >= 15 is 0 Å². The lowest BCUT2D eigenvalue weighted by molar-refractivity contribution is -0.119. The maximum Gasteiger partial charge on any atom is 0.220 e. The second kappa shape index (κ2) is 3.00. The van der Waals surface area contributed by atoms with Crippen LogP contribution < -0.4 is 5.32 Å². The standard InChI is InChI=1S/C9H13N3O/c10-2-4-12-3-1-9(7-12)5-8(13)11-6-9/h1,3-7H2,(H,11,13). The zero-order chi connectivity index (χ0) is 9.31. The summed E-state index contributed by atoms with van der Waals surface area (Å²) in [6, 6.07) is 2.15. The lowest BCUT2D eigenvalue weighted by Gasteiger charge is -2.20. The van der Waals surface area contributed by atoms with Crippen molar-refractivity contribution in [1.82, 2.24) is 10.2 Å². The molecule has 1 atom stereocenters. The molecule has 0 saturated carbocycles. The summed E-state index contributed by atoms with van der Waals surface area (Å²) in [5.41, 5.74) is 0.147. The van der Waals surface area contributed by atoms with Gasteiger partial charge in [-0.2, -0.15) is 5.26 Å². The molecule has 0 radical (unpaired) electrons. The molecule has 4 nitrogen and oxygen atoms in total. The highest BCUT2D eigenvalue weighted by molar-refractivity contribution is 5.79. The van der Waals surface area contributed by atoms with Crippen molar-refractivity contribution in [3.05, 3.63) is 0 Å². The lowest BCUT2D eigenvalue weighted by Crippen LogP contribution is -2.29. The minimum Gasteiger partial charge on any atom is -0.355 e. The Bertz CT molecular complexity index is 271. The van der Waals surface area contributed by atoms with Gasteiger partial charge in [-0.1, -0.05) is 0 Å². The lowest BCUT2D eigenvalue weighted by atomic mass is 9.86. The van der Waals surface area contributed by atoms with E-state index in [1.165, 1.54) is 0 Å². The number of hydrogen-bond donors (Lipinski definition) is 1. The van der Waals surface area contributed by atoms with Crippen molar-refractivity contribution in [2.75, 3.05) is 26.2 Å². The van der Waals surface area contributed by atoms with Crippen LogP contribution in [0.2, 0.25) is 0 Å². The monoisotopic (exact) mass is 179 g/mol. The van der Waals surface area contributed by atoms with Crippen molar-refractivity contribution >= 4 is 5.91 Å². The molecule has 2 saturated heterocycles. The van der Waals surface area contributed by atoms with E-state index < -0.39 is 0 Å². The molecule has 2 heterocycles. The highest BCUT2D eigenvalue weighted by atomic mass is 16.1. The zero-order valence-electron chi connectivity index (χ0n) is 7.55. The first kappa shape index (κ1) is 8.52. The first-order valence-corrected chi connectivity index (χ1v) is 4.60. The van der Waals surface area contributed by atoms with E-state index in [-0.39, 0.29) is 11.3 Å². The van der Waals surface area contributed by atoms with Crippen molar-refractivity contribution < 1.29 is 4.79 Å². The van der Waals surface area contributed by atoms with Gasteiger partial charge in [0.05, 0.1) is 12.6 Å². The Morgan fingerprint density at radius 1 is 1.69 bits per heavy atom. The average molecular weight is 179 g/mol. The van der Waals surface area contributed by atoms with E-state index in [4.69, 9.17) is 5.26 Å². The number of nitrogens with one attached hydrogen (secondary N) is 1. The quantitative estimate of drug-likeness (QED) is 0.563. The number of nitrogens with zero attached hydrogens (tertiary/aromatic N) is 2. The van der Waals surface area contributed by atoms with Gasteiger partial charge in [0.2, 0.25) is 5.91 Å². The Morgan fingerprint density at radius 2 is 2.54 bits per heavy atom. The molecular weight excluding hydrogens is 166 g/mol. The fraction of sp³-hybridized carbons (Fsp3) is 0.778. The highest BCUT2D eigenvalue weighted by Crippen LogP contribution is 2.36. The molecule has 1 amide bonds. The predicted molar refractivity (Wildman–Crippen MR) is 46.7 cm³/mol. The number of carbonyl (C=O) groups excluding carboxylic acids is 1. The van der Waals surface area contributed by atoms with Crippen LogP contribution in [0.15, 0.2) is 0 Å². The van der Waals surface area contributed by atoms with Gasteiger partial charge in [0.15, 0.2) is 0 Å². The molecule has 0 aromatic heterocycles. The summed E-state index contributed by atoms with van der Waals surface area (Å²) < 4.78 is 0. The van der Waals surface area contributed by atoms with Crippen LogP contribution in [0.5, 0.6) is 0 Å². The summed E-state index contributed by atoms with van der Waals surface area (Å²) >= 11 is 0. The van der Waals surface area contributed by atoms with Crippen molar-refractivity contribution in [2.24, 2.45) is 5.41 Å². The van der Waals surface area contributed by atoms with Gasteiger partial charge in [-0.05, 0) is 13.0 Å². The molecule has 70 valence electrons. The largest absolute Gasteiger partial charge is 0.355 e. The highest BCUT2D eigenvalue weighted by Gasteiger charge is 2.43. The van der Waals surface area contributed by atoms with E-state index in [2.05, 4.69) is 16.3 Å². The molecule has 2 rings (SSSR count). The van der Waals surface area contributed by atoms with E-state index in [9.17, 15) is 4.79 Å². The molecule has 1 spiro atoms. The molecule has 0 aromatic carbocycles. The summed E-state index contributed by atoms with van der Waals surface area (Å²) in [7, 11) is 0. The van der Waals surface area contributed by atoms with E-state index in [0.717, 1.165) is 26.1 Å². The van der Waals surface area contributed by atoms with Crippen LogP contribution in [0.25, 0.3) is 0 Å². The Kier molecular flexibility index (Phi) is 1.97. The first-order chi connectivity index (χ1) is 6.24. The van der Waals surface area contributed by atoms with Crippen LogP contribution in [0.4, 0.5) is 0 Å². The fourth-order valence-electron chi connectivity index (χ4n) is 2.30. The number of likely N-dealkylation sites (tertiary alicyclic amines) is 1. The maximum atomic E-state index is 11.1. The Balaban J connectivity index is 1.97. The van der Waals surface area contributed by atoms with Gasteiger partial charge >= 0.3 is 0 Å². The summed E-state index contributed by atoms with van der Waals surface area (Å²) in [5, 5.41) is 11.4. The molecule has 1 unspecified atom stereocenters. The third-order valence-corrected chi connectivity index (χ3v) is 3.01. The van der Waals surface area contributed by atoms with E-state index in [0.29, 0.717) is 13.0 Å². The number of carbonyl (C=O) groups is 1. The average Bonchev–Trinajstić information content (AvgIpc) is 2.62. The van der Waals surface area contributed by atoms with Crippen molar-refractivity contribution in [3.8, 4) is 6.07 Å². The van der Waals surface area contributed by atoms with Gasteiger partial charge in [-0.15, -0.1) is 0 Å². The fourth-order valence-corrected chi connectivity index (χ4v) is 2.30. The normalized spacial score (nSPS) is 33.6. The molecule has 0 aliphatic carbocycles. The van der Waals surface area contributed by atoms with Crippen LogP contribution >= 0.6 is 0 Å². The number of hydrogen-bond acceptors (Lipinski definition) is 3. The second-order valence-electron chi connectivity index (χ2n) is 4.07. The van der Waals surface area contributed by atoms with E-state index in [1.807, 2.05) is 0 Å². The SMILES string of the molecule is N#CCN1CCC2(CNC(=O)C2)C1. The van der Waals surface area contributed by atoms with Gasteiger partial charge < -0.3 is 5.32 Å². The molecule has 13 heavy (non-hydrogen) atoms. The molecule has 0 bridgehead atoms. The number of amides is 1. The predicted octanol–water partition coefficient (Wildman–Crippen LogP) is -0.278. The van der Waals surface area contributed by atoms with Crippen molar-refractivity contribution in [3.63, 3.8) is 0 Å². The number of nitriles is 1. The zero-order valence-corrected chi connectivity index (χ0v) is 7.55. The van der Waals surface area contributed by atoms with Gasteiger partial charge in [-0.3, -0.25) is 9.69 Å². The first-order valence-electron chi connectivity index (χ1n) is 4.60. The molecular formula is C9H13N3O. The second-order valence-corrected chi connectivity index (χ2v) is 4.07. The molecule has 1 N–H and O–H groups in total. The third kappa shape index (κ3) is 1.52. The molecule has 2 aliphatic rings. The summed E-state index contributed by atoms with van der Waals surface area (Å²) in [5.74, 6) is 0.166. The molecule has 2 aliphatic heterocycles. The Morgan fingerprint density at radius 3 is 3.15 bits per heavy atom. The summed E-state index contributed by atoms with van der Waals surface area (Å²) in [4.78, 5) is 13.2. The van der Waals surface area contributed by atoms with Crippen LogP contribution in [0.3, 0.4) is 0 Å². The van der Waals surface area contributed by atoms with Crippen LogP contribution in [0.1, 0.15) is 12.8 Å². The van der Waals surface area contributed by atoms with Gasteiger partial charge in [0.1, 0.15) is 0 Å². The molecule has 0 aromatic rings. The minimum absolute atomic E-state index is 0.147. The smallest absolute Gasteiger partial charge is 0.220 e. The van der Waals surface area contributed by atoms with Crippen LogP contribution in [-0.4, -0.2) is 37.0 Å². The molecule has 2 fully saturated rings. The van der Waals surface area contributed by atoms with Crippen molar-refractivity contribution in [2.45, 2.75) is 12.8 Å².